The average molecular weight is 370 g/mol. The van der Waals surface area contributed by atoms with Gasteiger partial charge in [0.2, 0.25) is 0 Å². The number of benzene rings is 2. The highest BCUT2D eigenvalue weighted by atomic mass is 16.5. The van der Waals surface area contributed by atoms with E-state index in [0.29, 0.717) is 22.7 Å². The van der Waals surface area contributed by atoms with E-state index in [1.54, 1.807) is 36.4 Å². The Morgan fingerprint density at radius 2 is 1.81 bits per heavy atom. The normalized spacial score (nSPS) is 10.3. The van der Waals surface area contributed by atoms with Gasteiger partial charge in [-0.2, -0.15) is 5.10 Å². The maximum atomic E-state index is 11.8. The number of nitrogens with zero attached hydrogens (tertiary/aromatic N) is 1. The Bertz CT molecular complexity index is 848. The van der Waals surface area contributed by atoms with Crippen LogP contribution < -0.4 is 25.3 Å². The molecule has 2 N–H and O–H groups in total. The number of amides is 2. The summed E-state index contributed by atoms with van der Waals surface area (Å²) in [6, 6.07) is 12.8. The first-order valence-corrected chi connectivity index (χ1v) is 7.69. The smallest absolute Gasteiger partial charge is 0.329 e. The topological polar surface area (TPSA) is 129 Å². The fraction of sp³-hybridized carbons (Fsp3) is 0.111. The van der Waals surface area contributed by atoms with Crippen LogP contribution in [0, 0.1) is 0 Å². The van der Waals surface area contributed by atoms with E-state index in [9.17, 15) is 19.5 Å². The molecule has 0 fully saturated rings. The number of carboxylic acids is 1. The summed E-state index contributed by atoms with van der Waals surface area (Å²) in [5.74, 6) is -2.26. The van der Waals surface area contributed by atoms with E-state index in [1.807, 2.05) is 0 Å². The molecule has 0 aliphatic carbocycles. The number of methoxy groups -OCH3 is 1. The molecule has 2 aromatic rings. The Balaban J connectivity index is 1.84. The van der Waals surface area contributed by atoms with Crippen LogP contribution in [0.5, 0.6) is 11.5 Å². The molecule has 0 bridgehead atoms. The van der Waals surface area contributed by atoms with Gasteiger partial charge in [0.25, 0.3) is 0 Å². The zero-order chi connectivity index (χ0) is 19.6. The maximum absolute atomic E-state index is 11.8. The largest absolute Gasteiger partial charge is 0.546 e. The van der Waals surface area contributed by atoms with Crippen molar-refractivity contribution in [1.82, 2.24) is 5.43 Å². The van der Waals surface area contributed by atoms with E-state index in [2.05, 4.69) is 15.8 Å². The average Bonchev–Trinajstić information content (AvgIpc) is 2.67. The van der Waals surface area contributed by atoms with Crippen molar-refractivity contribution < 1.29 is 29.0 Å². The van der Waals surface area contributed by atoms with Crippen LogP contribution in [0.25, 0.3) is 0 Å². The fourth-order valence-electron chi connectivity index (χ4n) is 1.90. The second-order valence-electron chi connectivity index (χ2n) is 5.11. The van der Waals surface area contributed by atoms with Gasteiger partial charge in [-0.05, 0) is 42.0 Å². The summed E-state index contributed by atoms with van der Waals surface area (Å²) < 4.78 is 9.96. The van der Waals surface area contributed by atoms with Crippen molar-refractivity contribution in [2.45, 2.75) is 0 Å². The molecular formula is C18H16N3O6-. The van der Waals surface area contributed by atoms with Gasteiger partial charge >= 0.3 is 11.8 Å². The summed E-state index contributed by atoms with van der Waals surface area (Å²) >= 11 is 0. The molecule has 140 valence electrons. The van der Waals surface area contributed by atoms with Gasteiger partial charge in [-0.25, -0.2) is 5.43 Å². The highest BCUT2D eigenvalue weighted by Gasteiger charge is 2.13. The van der Waals surface area contributed by atoms with E-state index in [-0.39, 0.29) is 0 Å². The quantitative estimate of drug-likeness (QED) is 0.398. The summed E-state index contributed by atoms with van der Waals surface area (Å²) in [6.07, 6.45) is 1.32. The second kappa shape index (κ2) is 9.56. The Kier molecular flexibility index (Phi) is 6.89. The number of rotatable bonds is 7. The van der Waals surface area contributed by atoms with Crippen LogP contribution in [0.3, 0.4) is 0 Å². The van der Waals surface area contributed by atoms with Gasteiger partial charge in [-0.3, -0.25) is 9.59 Å². The van der Waals surface area contributed by atoms with Gasteiger partial charge in [-0.1, -0.05) is 6.07 Å². The molecule has 2 aromatic carbocycles. The van der Waals surface area contributed by atoms with E-state index in [1.165, 1.54) is 25.5 Å². The third-order valence-corrected chi connectivity index (χ3v) is 3.15. The molecule has 0 heterocycles. The van der Waals surface area contributed by atoms with Gasteiger partial charge in [0.1, 0.15) is 18.1 Å². The standard InChI is InChI=1S/C18H17N3O6/c1-26-15-4-2-3-13(9-15)20-17(24)18(25)21-19-10-12-5-7-14(8-6-12)27-11-16(22)23/h2-10H,11H2,1H3,(H,20,24)(H,21,25)(H,22,23)/p-1/b19-10-. The zero-order valence-corrected chi connectivity index (χ0v) is 14.3. The number of carbonyl (C=O) groups is 3. The predicted molar refractivity (Wildman–Crippen MR) is 94.3 cm³/mol. The summed E-state index contributed by atoms with van der Waals surface area (Å²) in [4.78, 5) is 33.9. The van der Waals surface area contributed by atoms with E-state index < -0.39 is 24.4 Å². The third-order valence-electron chi connectivity index (χ3n) is 3.15. The SMILES string of the molecule is COc1cccc(NC(=O)C(=O)N/N=C\c2ccc(OCC(=O)[O-])cc2)c1. The van der Waals surface area contributed by atoms with Crippen LogP contribution in [0.4, 0.5) is 5.69 Å². The lowest BCUT2D eigenvalue weighted by atomic mass is 10.2. The molecule has 0 aliphatic heterocycles. The van der Waals surface area contributed by atoms with Crippen molar-refractivity contribution in [2.24, 2.45) is 5.10 Å². The van der Waals surface area contributed by atoms with Crippen molar-refractivity contribution in [3.63, 3.8) is 0 Å². The maximum Gasteiger partial charge on any atom is 0.329 e. The van der Waals surface area contributed by atoms with Crippen LogP contribution >= 0.6 is 0 Å². The summed E-state index contributed by atoms with van der Waals surface area (Å²) in [5.41, 5.74) is 3.11. The van der Waals surface area contributed by atoms with Gasteiger partial charge in [0, 0.05) is 11.8 Å². The predicted octanol–water partition coefficient (Wildman–Crippen LogP) is -0.0873. The number of carbonyl (C=O) groups excluding carboxylic acids is 3. The number of anilines is 1. The molecule has 0 spiro atoms. The summed E-state index contributed by atoms with van der Waals surface area (Å²) in [7, 11) is 1.49. The summed E-state index contributed by atoms with van der Waals surface area (Å²) in [6.45, 7) is -0.550. The van der Waals surface area contributed by atoms with E-state index in [0.717, 1.165) is 0 Å². The Labute approximate surface area is 154 Å². The van der Waals surface area contributed by atoms with Crippen LogP contribution in [-0.2, 0) is 14.4 Å². The molecule has 0 aliphatic rings. The zero-order valence-electron chi connectivity index (χ0n) is 14.3. The first-order chi connectivity index (χ1) is 13.0. The first-order valence-electron chi connectivity index (χ1n) is 7.69. The van der Waals surface area contributed by atoms with Crippen molar-refractivity contribution in [3.05, 3.63) is 54.1 Å². The number of nitrogens with one attached hydrogen (secondary N) is 2. The Hall–Kier alpha value is -3.88. The summed E-state index contributed by atoms with van der Waals surface area (Å²) in [5, 5.41) is 16.4. The lowest BCUT2D eigenvalue weighted by molar-refractivity contribution is -0.307. The molecule has 9 nitrogen and oxygen atoms in total. The van der Waals surface area contributed by atoms with E-state index in [4.69, 9.17) is 9.47 Å². The highest BCUT2D eigenvalue weighted by molar-refractivity contribution is 6.39. The number of ether oxygens (including phenoxy) is 2. The van der Waals surface area contributed by atoms with Crippen molar-refractivity contribution in [2.75, 3.05) is 19.0 Å². The number of hydrogen-bond acceptors (Lipinski definition) is 7. The number of hydrogen-bond donors (Lipinski definition) is 2. The molecule has 2 rings (SSSR count). The van der Waals surface area contributed by atoms with E-state index >= 15 is 0 Å². The molecule has 0 saturated heterocycles. The molecule has 0 saturated carbocycles. The minimum absolute atomic E-state index is 0.345. The first kappa shape index (κ1) is 19.4. The molecule has 27 heavy (non-hydrogen) atoms. The van der Waals surface area contributed by atoms with Gasteiger partial charge in [0.15, 0.2) is 0 Å². The van der Waals surface area contributed by atoms with Crippen LogP contribution in [-0.4, -0.2) is 37.7 Å². The molecule has 0 radical (unpaired) electrons. The lowest BCUT2D eigenvalue weighted by Gasteiger charge is -2.06. The molecular weight excluding hydrogens is 354 g/mol. The highest BCUT2D eigenvalue weighted by Crippen LogP contribution is 2.16. The fourth-order valence-corrected chi connectivity index (χ4v) is 1.90. The molecule has 0 aromatic heterocycles. The Morgan fingerprint density at radius 1 is 1.07 bits per heavy atom. The van der Waals surface area contributed by atoms with Gasteiger partial charge in [-0.15, -0.1) is 0 Å². The van der Waals surface area contributed by atoms with Crippen molar-refractivity contribution >= 4 is 29.7 Å². The van der Waals surface area contributed by atoms with Gasteiger partial charge in [0.05, 0.1) is 19.3 Å². The number of hydrazone groups is 1. The van der Waals surface area contributed by atoms with Crippen molar-refractivity contribution in [3.8, 4) is 11.5 Å². The van der Waals surface area contributed by atoms with Crippen LogP contribution in [0.1, 0.15) is 5.56 Å². The Morgan fingerprint density at radius 3 is 2.48 bits per heavy atom. The minimum Gasteiger partial charge on any atom is -0.546 e. The molecule has 0 atom stereocenters. The monoisotopic (exact) mass is 370 g/mol. The van der Waals surface area contributed by atoms with Crippen LogP contribution in [0.15, 0.2) is 53.6 Å². The molecule has 2 amide bonds. The van der Waals surface area contributed by atoms with Crippen molar-refractivity contribution in [1.29, 1.82) is 0 Å². The molecule has 0 unspecified atom stereocenters. The number of aliphatic carboxylic acids is 1. The lowest BCUT2D eigenvalue weighted by Crippen LogP contribution is -2.32. The second-order valence-corrected chi connectivity index (χ2v) is 5.11. The third kappa shape index (κ3) is 6.50. The molecule has 9 heteroatoms. The van der Waals surface area contributed by atoms with Gasteiger partial charge < -0.3 is 24.7 Å². The van der Waals surface area contributed by atoms with Crippen LogP contribution in [0.2, 0.25) is 0 Å². The minimum atomic E-state index is -1.32. The number of carboxylic acid groups (broad SMARTS) is 1.